The largest absolute Gasteiger partial charge is 0.351 e. The fourth-order valence-electron chi connectivity index (χ4n) is 5.92. The highest BCUT2D eigenvalue weighted by molar-refractivity contribution is 7.96. The van der Waals surface area contributed by atoms with Gasteiger partial charge in [-0.1, -0.05) is 66.7 Å². The zero-order valence-corrected chi connectivity index (χ0v) is 22.6. The molecule has 10 heteroatoms. The molecule has 0 N–H and O–H groups in total. The van der Waals surface area contributed by atoms with E-state index in [-0.39, 0.29) is 22.8 Å². The predicted octanol–water partition coefficient (Wildman–Crippen LogP) is 3.09. The third-order valence-corrected chi connectivity index (χ3v) is 12.3. The molecule has 6 rings (SSSR count). The highest BCUT2D eigenvalue weighted by Crippen LogP contribution is 2.51. The maximum Gasteiger partial charge on any atom is 0.228 e. The highest BCUT2D eigenvalue weighted by Gasteiger charge is 2.70. The topological polar surface area (TPSA) is 107 Å². The zero-order valence-electron chi connectivity index (χ0n) is 21.0. The van der Waals surface area contributed by atoms with Gasteiger partial charge in [0.25, 0.3) is 0 Å². The monoisotopic (exact) mass is 555 g/mol. The van der Waals surface area contributed by atoms with Gasteiger partial charge in [0.05, 0.1) is 21.0 Å². The van der Waals surface area contributed by atoms with Crippen molar-refractivity contribution in [3.63, 3.8) is 0 Å². The second-order valence-electron chi connectivity index (χ2n) is 9.57. The molecule has 2 aliphatic heterocycles. The maximum atomic E-state index is 14.4. The van der Waals surface area contributed by atoms with Crippen LogP contribution in [0.3, 0.4) is 0 Å². The van der Waals surface area contributed by atoms with Crippen LogP contribution in [0.15, 0.2) is 101 Å². The van der Waals surface area contributed by atoms with Crippen LogP contribution < -0.4 is 0 Å². The van der Waals surface area contributed by atoms with Gasteiger partial charge >= 0.3 is 0 Å². The van der Waals surface area contributed by atoms with Gasteiger partial charge in [-0.3, -0.25) is 4.79 Å². The molecule has 3 aromatic rings. The molecular weight excluding hydrogens is 526 g/mol. The van der Waals surface area contributed by atoms with E-state index in [0.717, 1.165) is 5.56 Å². The number of hydrogen-bond acceptors (Lipinski definition) is 7. The van der Waals surface area contributed by atoms with Crippen molar-refractivity contribution in [1.82, 2.24) is 4.90 Å². The van der Waals surface area contributed by atoms with E-state index in [1.165, 1.54) is 43.4 Å². The van der Waals surface area contributed by atoms with E-state index in [4.69, 9.17) is 9.47 Å². The summed E-state index contributed by atoms with van der Waals surface area (Å²) in [5.74, 6) is -3.17. The van der Waals surface area contributed by atoms with Crippen molar-refractivity contribution in [3.8, 4) is 0 Å². The molecule has 1 amide bonds. The summed E-state index contributed by atoms with van der Waals surface area (Å²) in [6.45, 7) is 0.0776. The van der Waals surface area contributed by atoms with Gasteiger partial charge < -0.3 is 14.4 Å². The van der Waals surface area contributed by atoms with Crippen molar-refractivity contribution in [2.75, 3.05) is 14.2 Å². The first-order valence-electron chi connectivity index (χ1n) is 12.2. The second-order valence-corrected chi connectivity index (χ2v) is 13.8. The lowest BCUT2D eigenvalue weighted by Crippen LogP contribution is -2.78. The first-order chi connectivity index (χ1) is 18.2. The summed E-state index contributed by atoms with van der Waals surface area (Å²) in [6, 6.07) is 23.3. The Morgan fingerprint density at radius 3 is 1.66 bits per heavy atom. The van der Waals surface area contributed by atoms with Crippen molar-refractivity contribution in [3.05, 3.63) is 96.6 Å². The number of amides is 1. The number of benzene rings is 3. The number of ether oxygens (including phenoxy) is 2. The van der Waals surface area contributed by atoms with E-state index in [1.54, 1.807) is 36.4 Å². The fourth-order valence-corrected chi connectivity index (χ4v) is 10.9. The lowest BCUT2D eigenvalue weighted by Gasteiger charge is -2.59. The highest BCUT2D eigenvalue weighted by atomic mass is 32.2. The Labute approximate surface area is 223 Å². The molecule has 2 saturated heterocycles. The fraction of sp³-hybridized carbons (Fsp3) is 0.321. The van der Waals surface area contributed by atoms with Crippen LogP contribution in [-0.4, -0.2) is 64.2 Å². The normalized spacial score (nSPS) is 24.9. The summed E-state index contributed by atoms with van der Waals surface area (Å²) < 4.78 is 68.7. The van der Waals surface area contributed by atoms with Crippen LogP contribution in [0, 0.1) is 5.92 Å². The molecule has 1 aliphatic carbocycles. The summed E-state index contributed by atoms with van der Waals surface area (Å²) >= 11 is 0. The average molecular weight is 556 g/mol. The van der Waals surface area contributed by atoms with E-state index >= 15 is 0 Å². The lowest BCUT2D eigenvalue weighted by molar-refractivity contribution is -0.277. The molecule has 2 heterocycles. The van der Waals surface area contributed by atoms with Crippen LogP contribution in [0.25, 0.3) is 0 Å². The number of carbonyl (C=O) groups excluding carboxylic acids is 1. The molecule has 1 saturated carbocycles. The molecule has 8 nitrogen and oxygen atoms in total. The van der Waals surface area contributed by atoms with Crippen molar-refractivity contribution < 1.29 is 31.1 Å². The summed E-state index contributed by atoms with van der Waals surface area (Å²) in [6.07, 6.45) is -0.0909. The Hall–Kier alpha value is -3.05. The molecule has 3 fully saturated rings. The minimum Gasteiger partial charge on any atom is -0.351 e. The van der Waals surface area contributed by atoms with Gasteiger partial charge in [0.1, 0.15) is 11.3 Å². The van der Waals surface area contributed by atoms with Gasteiger partial charge in [0, 0.05) is 27.2 Å². The molecule has 0 unspecified atom stereocenters. The Morgan fingerprint density at radius 1 is 0.737 bits per heavy atom. The maximum absolute atomic E-state index is 14.4. The molecule has 38 heavy (non-hydrogen) atoms. The van der Waals surface area contributed by atoms with Crippen LogP contribution in [0.1, 0.15) is 12.0 Å². The number of piperidine rings is 2. The van der Waals surface area contributed by atoms with Crippen LogP contribution in [-0.2, 0) is 40.5 Å². The van der Waals surface area contributed by atoms with Crippen molar-refractivity contribution >= 4 is 25.6 Å². The SMILES string of the molecule is COC1(OC)C[C@@H]2C(=O)N(Cc3ccccc3)[C@H]1[C@@H](S(=O)(=O)c1ccccc1)[C@@H]2S(=O)(=O)c1ccccc1. The van der Waals surface area contributed by atoms with Gasteiger partial charge in [-0.2, -0.15) is 0 Å². The van der Waals surface area contributed by atoms with E-state index in [9.17, 15) is 21.6 Å². The third kappa shape index (κ3) is 4.16. The molecule has 0 radical (unpaired) electrons. The zero-order chi connectivity index (χ0) is 27.1. The number of fused-ring (bicyclic) bond motifs is 3. The molecule has 2 bridgehead atoms. The smallest absolute Gasteiger partial charge is 0.228 e. The van der Waals surface area contributed by atoms with Crippen molar-refractivity contribution in [2.45, 2.75) is 45.1 Å². The summed E-state index contributed by atoms with van der Waals surface area (Å²) in [4.78, 5) is 15.3. The molecule has 0 aromatic heterocycles. The number of methoxy groups -OCH3 is 2. The molecule has 3 aliphatic rings. The van der Waals surface area contributed by atoms with Crippen LogP contribution in [0.5, 0.6) is 0 Å². The first-order valence-corrected chi connectivity index (χ1v) is 15.3. The number of hydrogen-bond donors (Lipinski definition) is 0. The quantitative estimate of drug-likeness (QED) is 0.393. The Balaban J connectivity index is 1.76. The number of rotatable bonds is 8. The van der Waals surface area contributed by atoms with Gasteiger partial charge in [-0.05, 0) is 29.8 Å². The first kappa shape index (κ1) is 26.6. The number of nitrogens with zero attached hydrogens (tertiary/aromatic N) is 1. The van der Waals surface area contributed by atoms with E-state index < -0.39 is 53.8 Å². The van der Waals surface area contributed by atoms with E-state index in [1.807, 2.05) is 30.3 Å². The Bertz CT molecular complexity index is 1510. The standard InChI is InChI=1S/C28H29NO7S2/c1-35-28(36-2)18-23-24(37(31,32)21-14-8-4-9-15-21)25(38(33,34)22-16-10-5-11-17-22)26(28)29(27(23)30)19-20-12-6-3-7-13-20/h3-17,23-26H,18-19H2,1-2H3/t23-,24+,25-,26-/m0/s1. The molecule has 3 aromatic carbocycles. The van der Waals surface area contributed by atoms with Crippen LogP contribution in [0.2, 0.25) is 0 Å². The Morgan fingerprint density at radius 2 is 1.18 bits per heavy atom. The summed E-state index contributed by atoms with van der Waals surface area (Å²) in [7, 11) is -5.79. The van der Waals surface area contributed by atoms with E-state index in [2.05, 4.69) is 0 Å². The number of carbonyl (C=O) groups is 1. The summed E-state index contributed by atoms with van der Waals surface area (Å²) in [5, 5.41) is -3.08. The van der Waals surface area contributed by atoms with Gasteiger partial charge in [0.15, 0.2) is 25.5 Å². The molecule has 4 atom stereocenters. The second kappa shape index (κ2) is 9.92. The Kier molecular flexibility index (Phi) is 6.93. The minimum absolute atomic E-state index is 0.0287. The average Bonchev–Trinajstić information content (AvgIpc) is 2.95. The molecular formula is C28H29NO7S2. The van der Waals surface area contributed by atoms with Crippen molar-refractivity contribution in [2.24, 2.45) is 5.92 Å². The van der Waals surface area contributed by atoms with Gasteiger partial charge in [-0.15, -0.1) is 0 Å². The van der Waals surface area contributed by atoms with E-state index in [0.29, 0.717) is 0 Å². The van der Waals surface area contributed by atoms with Gasteiger partial charge in [0.2, 0.25) is 5.91 Å². The molecule has 200 valence electrons. The summed E-state index contributed by atoms with van der Waals surface area (Å²) in [5.41, 5.74) is 0.771. The molecule has 0 spiro atoms. The predicted molar refractivity (Wildman–Crippen MR) is 140 cm³/mol. The minimum atomic E-state index is -4.31. The van der Waals surface area contributed by atoms with Gasteiger partial charge in [-0.25, -0.2) is 16.8 Å². The third-order valence-electron chi connectivity index (χ3n) is 7.67. The van der Waals surface area contributed by atoms with Crippen LogP contribution in [0.4, 0.5) is 0 Å². The van der Waals surface area contributed by atoms with Crippen LogP contribution >= 0.6 is 0 Å². The van der Waals surface area contributed by atoms with Crippen molar-refractivity contribution in [1.29, 1.82) is 0 Å². The number of sulfone groups is 2. The lowest BCUT2D eigenvalue weighted by atomic mass is 9.73.